The van der Waals surface area contributed by atoms with Gasteiger partial charge in [0.1, 0.15) is 0 Å². The number of aliphatic hydroxyl groups is 1. The van der Waals surface area contributed by atoms with Crippen LogP contribution >= 0.6 is 11.6 Å². The molecule has 3 aromatic carbocycles. The van der Waals surface area contributed by atoms with Gasteiger partial charge in [0, 0.05) is 36.0 Å². The fraction of sp³-hybridized carbons (Fsp3) is 0.379. The number of hydrogen-bond acceptors (Lipinski definition) is 5. The van der Waals surface area contributed by atoms with Gasteiger partial charge in [-0.3, -0.25) is 4.72 Å². The molecule has 3 aromatic rings. The van der Waals surface area contributed by atoms with Crippen LogP contribution in [0.2, 0.25) is 5.02 Å². The molecule has 3 N–H and O–H groups in total. The fourth-order valence-electron chi connectivity index (χ4n) is 4.43. The molecule has 0 radical (unpaired) electrons. The Kier molecular flexibility index (Phi) is 7.79. The number of hydrogen-bond donors (Lipinski definition) is 3. The molecule has 37 heavy (non-hydrogen) atoms. The normalized spacial score (nSPS) is 15.9. The number of nitrogens with zero attached hydrogens (tertiary/aromatic N) is 1. The zero-order valence-electron chi connectivity index (χ0n) is 21.9. The Morgan fingerprint density at radius 3 is 2.16 bits per heavy atom. The van der Waals surface area contributed by atoms with Crippen LogP contribution in [0.4, 0.5) is 17.1 Å². The van der Waals surface area contributed by atoms with Gasteiger partial charge in [-0.05, 0) is 99.7 Å². The molecule has 1 saturated heterocycles. The molecule has 0 unspecified atom stereocenters. The van der Waals surface area contributed by atoms with E-state index in [4.69, 9.17) is 11.6 Å². The Morgan fingerprint density at radius 1 is 0.973 bits per heavy atom. The predicted molar refractivity (Wildman–Crippen MR) is 154 cm³/mol. The van der Waals surface area contributed by atoms with Gasteiger partial charge in [0.05, 0.1) is 16.0 Å². The maximum absolute atomic E-state index is 12.5. The predicted octanol–water partition coefficient (Wildman–Crippen LogP) is 6.29. The molecular weight excluding hydrogens is 506 g/mol. The van der Waals surface area contributed by atoms with E-state index in [2.05, 4.69) is 39.2 Å². The van der Waals surface area contributed by atoms with E-state index in [-0.39, 0.29) is 0 Å². The lowest BCUT2D eigenvalue weighted by Gasteiger charge is -2.39. The molecule has 0 saturated carbocycles. The van der Waals surface area contributed by atoms with E-state index in [0.717, 1.165) is 41.2 Å². The average Bonchev–Trinajstić information content (AvgIpc) is 2.85. The van der Waals surface area contributed by atoms with E-state index in [1.165, 1.54) is 0 Å². The summed E-state index contributed by atoms with van der Waals surface area (Å²) >= 11 is 6.00. The molecule has 4 rings (SSSR count). The summed E-state index contributed by atoms with van der Waals surface area (Å²) in [6.45, 7) is 9.13. The molecule has 1 heterocycles. The molecular formula is C29H36ClN3O3S. The molecule has 0 spiro atoms. The summed E-state index contributed by atoms with van der Waals surface area (Å²) in [4.78, 5) is 2.30. The lowest BCUT2D eigenvalue weighted by molar-refractivity contribution is 0.0118. The number of benzene rings is 3. The van der Waals surface area contributed by atoms with Crippen molar-refractivity contribution in [2.75, 3.05) is 28.0 Å². The highest BCUT2D eigenvalue weighted by molar-refractivity contribution is 7.94. The summed E-state index contributed by atoms with van der Waals surface area (Å²) in [5.74, 6) is 0. The summed E-state index contributed by atoms with van der Waals surface area (Å²) in [5.41, 5.74) is 4.80. The zero-order valence-corrected chi connectivity index (χ0v) is 23.5. The van der Waals surface area contributed by atoms with Gasteiger partial charge in [-0.2, -0.15) is 0 Å². The van der Waals surface area contributed by atoms with Gasteiger partial charge in [0.2, 0.25) is 10.0 Å². The van der Waals surface area contributed by atoms with Gasteiger partial charge < -0.3 is 15.3 Å². The van der Waals surface area contributed by atoms with Gasteiger partial charge in [-0.1, -0.05) is 35.9 Å². The summed E-state index contributed by atoms with van der Waals surface area (Å²) in [7, 11) is -3.47. The molecule has 1 fully saturated rings. The number of rotatable bonds is 7. The van der Waals surface area contributed by atoms with Crippen molar-refractivity contribution >= 4 is 38.7 Å². The summed E-state index contributed by atoms with van der Waals surface area (Å²) in [6, 6.07) is 21.6. The molecule has 8 heteroatoms. The molecule has 0 aliphatic carbocycles. The first-order valence-electron chi connectivity index (χ1n) is 12.6. The maximum Gasteiger partial charge on any atom is 0.237 e. The second-order valence-electron chi connectivity index (χ2n) is 10.8. The minimum atomic E-state index is -3.47. The summed E-state index contributed by atoms with van der Waals surface area (Å²) < 4.78 is 26.8. The number of anilines is 3. The average molecular weight is 542 g/mol. The molecule has 1 aliphatic rings. The molecule has 6 nitrogen and oxygen atoms in total. The van der Waals surface area contributed by atoms with E-state index in [0.29, 0.717) is 30.1 Å². The molecule has 1 aliphatic heterocycles. The van der Waals surface area contributed by atoms with Crippen LogP contribution < -0.4 is 14.9 Å². The summed E-state index contributed by atoms with van der Waals surface area (Å²) in [6.07, 6.45) is 1.33. The SMILES string of the molecule is Cc1cc(CNc2ccc(N3CCC(O)(c4ccc(Cl)cc4)CC3)cc2)ccc1NS(=O)(=O)C(C)(C)C. The first kappa shape index (κ1) is 27.3. The Morgan fingerprint density at radius 2 is 1.59 bits per heavy atom. The Labute approximate surface area is 225 Å². The van der Waals surface area contributed by atoms with E-state index >= 15 is 0 Å². The standard InChI is InChI=1S/C29H36ClN3O3S/c1-21-19-22(5-14-27(21)32-37(35,36)28(2,3)4)20-31-25-10-12-26(13-11-25)33-17-15-29(34,16-18-33)23-6-8-24(30)9-7-23/h5-14,19,31-32,34H,15-18,20H2,1-4H3. The maximum atomic E-state index is 12.5. The van der Waals surface area contributed by atoms with E-state index in [1.54, 1.807) is 20.8 Å². The Balaban J connectivity index is 1.32. The second-order valence-corrected chi connectivity index (χ2v) is 13.7. The number of aryl methyl sites for hydroxylation is 1. The van der Waals surface area contributed by atoms with E-state index in [9.17, 15) is 13.5 Å². The van der Waals surface area contributed by atoms with Crippen molar-refractivity contribution in [3.8, 4) is 0 Å². The van der Waals surface area contributed by atoms with Crippen molar-refractivity contribution in [3.63, 3.8) is 0 Å². The first-order valence-corrected chi connectivity index (χ1v) is 14.4. The number of halogens is 1. The van der Waals surface area contributed by atoms with Crippen LogP contribution in [0.1, 0.15) is 50.3 Å². The van der Waals surface area contributed by atoms with Crippen LogP contribution in [-0.4, -0.2) is 31.4 Å². The molecule has 0 bridgehead atoms. The van der Waals surface area contributed by atoms with Crippen LogP contribution in [0.5, 0.6) is 0 Å². The number of sulfonamides is 1. The van der Waals surface area contributed by atoms with Crippen molar-refractivity contribution in [3.05, 3.63) is 88.4 Å². The first-order chi connectivity index (χ1) is 17.4. The van der Waals surface area contributed by atoms with Crippen LogP contribution in [0.25, 0.3) is 0 Å². The number of piperidine rings is 1. The highest BCUT2D eigenvalue weighted by atomic mass is 35.5. The highest BCUT2D eigenvalue weighted by Crippen LogP contribution is 2.35. The van der Waals surface area contributed by atoms with Gasteiger partial charge in [-0.15, -0.1) is 0 Å². The Hall–Kier alpha value is -2.74. The zero-order chi connectivity index (χ0) is 26.8. The lowest BCUT2D eigenvalue weighted by Crippen LogP contribution is -2.42. The smallest absolute Gasteiger partial charge is 0.237 e. The van der Waals surface area contributed by atoms with Crippen LogP contribution in [-0.2, 0) is 22.2 Å². The minimum absolute atomic E-state index is 0.604. The van der Waals surface area contributed by atoms with Gasteiger partial charge in [0.25, 0.3) is 0 Å². The third kappa shape index (κ3) is 6.40. The second kappa shape index (κ2) is 10.6. The fourth-order valence-corrected chi connectivity index (χ4v) is 5.38. The van der Waals surface area contributed by atoms with Gasteiger partial charge >= 0.3 is 0 Å². The third-order valence-corrected chi connectivity index (χ3v) is 9.40. The van der Waals surface area contributed by atoms with Crippen molar-refractivity contribution in [1.29, 1.82) is 0 Å². The molecule has 0 amide bonds. The van der Waals surface area contributed by atoms with Crippen molar-refractivity contribution in [2.24, 2.45) is 0 Å². The van der Waals surface area contributed by atoms with E-state index in [1.807, 2.05) is 49.4 Å². The van der Waals surface area contributed by atoms with E-state index < -0.39 is 20.4 Å². The highest BCUT2D eigenvalue weighted by Gasteiger charge is 2.34. The van der Waals surface area contributed by atoms with Crippen LogP contribution in [0.15, 0.2) is 66.7 Å². The van der Waals surface area contributed by atoms with Crippen molar-refractivity contribution in [2.45, 2.75) is 57.4 Å². The molecule has 198 valence electrons. The Bertz CT molecular complexity index is 1330. The van der Waals surface area contributed by atoms with Gasteiger partial charge in [0.15, 0.2) is 0 Å². The lowest BCUT2D eigenvalue weighted by atomic mass is 9.84. The number of nitrogens with one attached hydrogen (secondary N) is 2. The quantitative estimate of drug-likeness (QED) is 0.327. The summed E-state index contributed by atoms with van der Waals surface area (Å²) in [5, 5.41) is 15.3. The van der Waals surface area contributed by atoms with Crippen molar-refractivity contribution < 1.29 is 13.5 Å². The topological polar surface area (TPSA) is 81.7 Å². The molecule has 0 atom stereocenters. The van der Waals surface area contributed by atoms with Crippen molar-refractivity contribution in [1.82, 2.24) is 0 Å². The third-order valence-electron chi connectivity index (χ3n) is 7.04. The van der Waals surface area contributed by atoms with Crippen LogP contribution in [0, 0.1) is 6.92 Å². The monoisotopic (exact) mass is 541 g/mol. The van der Waals surface area contributed by atoms with Gasteiger partial charge in [-0.25, -0.2) is 8.42 Å². The molecule has 0 aromatic heterocycles. The minimum Gasteiger partial charge on any atom is -0.385 e. The largest absolute Gasteiger partial charge is 0.385 e. The van der Waals surface area contributed by atoms with Crippen LogP contribution in [0.3, 0.4) is 0 Å².